The number of ether oxygens (including phenoxy) is 2. The summed E-state index contributed by atoms with van der Waals surface area (Å²) >= 11 is 1.24. The first-order valence-electron chi connectivity index (χ1n) is 9.74. The number of para-hydroxylation sites is 2. The molecule has 2 aliphatic heterocycles. The molecule has 1 unspecified atom stereocenters. The second kappa shape index (κ2) is 7.70. The van der Waals surface area contributed by atoms with E-state index in [2.05, 4.69) is 0 Å². The van der Waals surface area contributed by atoms with Gasteiger partial charge < -0.3 is 14.4 Å². The van der Waals surface area contributed by atoms with Crippen LogP contribution in [-0.4, -0.2) is 55.7 Å². The second-order valence-electron chi connectivity index (χ2n) is 7.19. The van der Waals surface area contributed by atoms with Crippen molar-refractivity contribution in [3.8, 4) is 5.75 Å². The average Bonchev–Trinajstić information content (AvgIpc) is 3.24. The first kappa shape index (κ1) is 19.0. The lowest BCUT2D eigenvalue weighted by molar-refractivity contribution is -0.142. The zero-order valence-corrected chi connectivity index (χ0v) is 16.9. The molecule has 1 fully saturated rings. The fourth-order valence-electron chi connectivity index (χ4n) is 3.81. The van der Waals surface area contributed by atoms with Crippen LogP contribution in [0.4, 0.5) is 10.1 Å². The smallest absolute Gasteiger partial charge is 0.268 e. The second-order valence-corrected chi connectivity index (χ2v) is 8.27. The summed E-state index contributed by atoms with van der Waals surface area (Å²) in [6.07, 6.45) is -0.798. The number of carbonyl (C=O) groups excluding carboxylic acids is 2. The standard InChI is InChI=1S/C22H19FN2O4S/c23-15-4-3-7-19-14(15)12-20(30-19)22(27)25-13-18(21(26)24-8-10-28-11-9-24)29-17-6-2-1-5-16(17)25/h1-7,12,18H,8-11,13H2. The zero-order chi connectivity index (χ0) is 20.7. The van der Waals surface area contributed by atoms with Crippen molar-refractivity contribution in [2.75, 3.05) is 37.7 Å². The van der Waals surface area contributed by atoms with Gasteiger partial charge in [-0.3, -0.25) is 14.5 Å². The van der Waals surface area contributed by atoms with E-state index < -0.39 is 6.10 Å². The summed E-state index contributed by atoms with van der Waals surface area (Å²) in [6.45, 7) is 2.09. The molecule has 5 rings (SSSR count). The van der Waals surface area contributed by atoms with Gasteiger partial charge in [-0.05, 0) is 30.3 Å². The lowest BCUT2D eigenvalue weighted by atomic mass is 10.1. The predicted octanol–water partition coefficient (Wildman–Crippen LogP) is 3.31. The minimum absolute atomic E-state index is 0.1000. The Morgan fingerprint density at radius 2 is 1.87 bits per heavy atom. The zero-order valence-electron chi connectivity index (χ0n) is 16.0. The van der Waals surface area contributed by atoms with E-state index in [0.29, 0.717) is 52.7 Å². The highest BCUT2D eigenvalue weighted by Gasteiger charge is 2.37. The third-order valence-corrected chi connectivity index (χ3v) is 6.42. The Bertz CT molecular complexity index is 1130. The van der Waals surface area contributed by atoms with Crippen LogP contribution >= 0.6 is 11.3 Å². The van der Waals surface area contributed by atoms with Crippen molar-refractivity contribution >= 4 is 38.9 Å². The Hall–Kier alpha value is -2.97. The molecule has 154 valence electrons. The maximum absolute atomic E-state index is 14.1. The third kappa shape index (κ3) is 3.32. The Labute approximate surface area is 176 Å². The molecule has 0 spiro atoms. The summed E-state index contributed by atoms with van der Waals surface area (Å²) < 4.78 is 26.1. The highest BCUT2D eigenvalue weighted by Crippen LogP contribution is 2.36. The number of anilines is 1. The maximum atomic E-state index is 14.1. The minimum Gasteiger partial charge on any atom is -0.476 e. The molecule has 30 heavy (non-hydrogen) atoms. The molecule has 3 aromatic rings. The van der Waals surface area contributed by atoms with Crippen molar-refractivity contribution in [1.82, 2.24) is 4.90 Å². The number of fused-ring (bicyclic) bond motifs is 2. The molecule has 0 N–H and O–H groups in total. The number of benzene rings is 2. The number of thiophene rings is 1. The van der Waals surface area contributed by atoms with Gasteiger partial charge in [0.1, 0.15) is 11.6 Å². The molecule has 8 heteroatoms. The van der Waals surface area contributed by atoms with Crippen LogP contribution in [0.15, 0.2) is 48.5 Å². The molecule has 2 amide bonds. The number of nitrogens with zero attached hydrogens (tertiary/aromatic N) is 2. The fraction of sp³-hybridized carbons (Fsp3) is 0.273. The SMILES string of the molecule is O=C(C1CN(C(=O)c2cc3c(F)cccc3s2)c2ccccc2O1)N1CCOCC1. The van der Waals surface area contributed by atoms with Crippen LogP contribution in [0, 0.1) is 5.82 Å². The molecular weight excluding hydrogens is 407 g/mol. The van der Waals surface area contributed by atoms with E-state index in [0.717, 1.165) is 0 Å². The van der Waals surface area contributed by atoms with E-state index in [1.165, 1.54) is 17.4 Å². The van der Waals surface area contributed by atoms with Gasteiger partial charge in [0.15, 0.2) is 6.10 Å². The van der Waals surface area contributed by atoms with Gasteiger partial charge in [0.2, 0.25) is 0 Å². The number of hydrogen-bond donors (Lipinski definition) is 0. The molecule has 0 bridgehead atoms. The first-order chi connectivity index (χ1) is 14.6. The topological polar surface area (TPSA) is 59.1 Å². The van der Waals surface area contributed by atoms with Gasteiger partial charge >= 0.3 is 0 Å². The van der Waals surface area contributed by atoms with Crippen LogP contribution < -0.4 is 9.64 Å². The number of rotatable bonds is 2. The number of morpholine rings is 1. The van der Waals surface area contributed by atoms with E-state index in [1.54, 1.807) is 46.2 Å². The molecule has 6 nitrogen and oxygen atoms in total. The van der Waals surface area contributed by atoms with Gasteiger partial charge in [0.25, 0.3) is 11.8 Å². The van der Waals surface area contributed by atoms with Crippen LogP contribution in [0.3, 0.4) is 0 Å². The molecule has 2 aliphatic rings. The van der Waals surface area contributed by atoms with Gasteiger partial charge in [0.05, 0.1) is 30.3 Å². The van der Waals surface area contributed by atoms with Gasteiger partial charge in [-0.1, -0.05) is 18.2 Å². The van der Waals surface area contributed by atoms with Crippen LogP contribution in [0.1, 0.15) is 9.67 Å². The molecule has 1 saturated heterocycles. The molecule has 0 aliphatic carbocycles. The van der Waals surface area contributed by atoms with E-state index >= 15 is 0 Å². The molecule has 1 atom stereocenters. The lowest BCUT2D eigenvalue weighted by Crippen LogP contribution is -2.54. The Kier molecular flexibility index (Phi) is 4.88. The molecule has 3 heterocycles. The Balaban J connectivity index is 1.48. The molecule has 0 radical (unpaired) electrons. The van der Waals surface area contributed by atoms with Crippen molar-refractivity contribution in [2.24, 2.45) is 0 Å². The van der Waals surface area contributed by atoms with Gasteiger partial charge in [0, 0.05) is 23.2 Å². The van der Waals surface area contributed by atoms with Crippen LogP contribution in [0.2, 0.25) is 0 Å². The van der Waals surface area contributed by atoms with Crippen LogP contribution in [0.25, 0.3) is 10.1 Å². The summed E-state index contributed by atoms with van der Waals surface area (Å²) in [5.41, 5.74) is 0.603. The highest BCUT2D eigenvalue weighted by atomic mass is 32.1. The number of carbonyl (C=O) groups is 2. The fourth-order valence-corrected chi connectivity index (χ4v) is 4.83. The van der Waals surface area contributed by atoms with Gasteiger partial charge in [-0.15, -0.1) is 11.3 Å². The molecular formula is C22H19FN2O4S. The van der Waals surface area contributed by atoms with E-state index in [4.69, 9.17) is 9.47 Å². The summed E-state index contributed by atoms with van der Waals surface area (Å²) in [4.78, 5) is 30.1. The number of halogens is 1. The van der Waals surface area contributed by atoms with E-state index in [1.807, 2.05) is 6.07 Å². The van der Waals surface area contributed by atoms with Crippen LogP contribution in [-0.2, 0) is 9.53 Å². The molecule has 2 aromatic carbocycles. The van der Waals surface area contributed by atoms with E-state index in [9.17, 15) is 14.0 Å². The summed E-state index contributed by atoms with van der Waals surface area (Å²) in [5, 5.41) is 0.424. The van der Waals surface area contributed by atoms with Crippen molar-refractivity contribution < 1.29 is 23.5 Å². The Morgan fingerprint density at radius 3 is 2.67 bits per heavy atom. The minimum atomic E-state index is -0.798. The Morgan fingerprint density at radius 1 is 1.07 bits per heavy atom. The largest absolute Gasteiger partial charge is 0.476 e. The maximum Gasteiger partial charge on any atom is 0.268 e. The van der Waals surface area contributed by atoms with Crippen molar-refractivity contribution in [3.63, 3.8) is 0 Å². The number of amides is 2. The lowest BCUT2D eigenvalue weighted by Gasteiger charge is -2.37. The predicted molar refractivity (Wildman–Crippen MR) is 112 cm³/mol. The van der Waals surface area contributed by atoms with E-state index in [-0.39, 0.29) is 24.2 Å². The quantitative estimate of drug-likeness (QED) is 0.631. The first-order valence-corrected chi connectivity index (χ1v) is 10.6. The van der Waals surface area contributed by atoms with Gasteiger partial charge in [-0.25, -0.2) is 4.39 Å². The highest BCUT2D eigenvalue weighted by molar-refractivity contribution is 7.20. The summed E-state index contributed by atoms with van der Waals surface area (Å²) in [6, 6.07) is 13.5. The van der Waals surface area contributed by atoms with Crippen molar-refractivity contribution in [3.05, 3.63) is 59.2 Å². The van der Waals surface area contributed by atoms with Crippen LogP contribution in [0.5, 0.6) is 5.75 Å². The summed E-state index contributed by atoms with van der Waals surface area (Å²) in [5.74, 6) is -0.305. The molecule has 0 saturated carbocycles. The summed E-state index contributed by atoms with van der Waals surface area (Å²) in [7, 11) is 0. The average molecular weight is 426 g/mol. The monoisotopic (exact) mass is 426 g/mol. The van der Waals surface area contributed by atoms with Gasteiger partial charge in [-0.2, -0.15) is 0 Å². The van der Waals surface area contributed by atoms with Crippen molar-refractivity contribution in [1.29, 1.82) is 0 Å². The van der Waals surface area contributed by atoms with Crippen molar-refractivity contribution in [2.45, 2.75) is 6.10 Å². The third-order valence-electron chi connectivity index (χ3n) is 5.34. The number of hydrogen-bond acceptors (Lipinski definition) is 5. The molecule has 1 aromatic heterocycles. The normalized spacial score (nSPS) is 18.8.